The predicted octanol–water partition coefficient (Wildman–Crippen LogP) is -4.50. The van der Waals surface area contributed by atoms with Crippen LogP contribution in [0.3, 0.4) is 0 Å². The van der Waals surface area contributed by atoms with E-state index in [4.69, 9.17) is 4.52 Å². The Kier molecular flexibility index (Phi) is 14.6. The average Bonchev–Trinajstić information content (AvgIpc) is 2.49. The minimum Gasteiger partial charge on any atom is -0.548 e. The molecule has 0 aliphatic heterocycles. The second-order valence-electron chi connectivity index (χ2n) is 5.25. The van der Waals surface area contributed by atoms with Gasteiger partial charge in [-0.2, -0.15) is 0 Å². The topological polar surface area (TPSA) is 157 Å². The number of aliphatic carboxylic acids is 1. The van der Waals surface area contributed by atoms with Crippen LogP contribution in [-0.2, 0) is 23.5 Å². The van der Waals surface area contributed by atoms with Crippen LogP contribution in [0.5, 0.6) is 0 Å². The first-order valence-corrected chi connectivity index (χ1v) is 9.14. The summed E-state index contributed by atoms with van der Waals surface area (Å²) in [5, 5.41) is 17.0. The van der Waals surface area contributed by atoms with E-state index >= 15 is 0 Å². The van der Waals surface area contributed by atoms with E-state index in [0.29, 0.717) is 6.42 Å². The Morgan fingerprint density at radius 3 is 2.20 bits per heavy atom. The van der Waals surface area contributed by atoms with Crippen molar-refractivity contribution in [2.75, 3.05) is 13.2 Å². The summed E-state index contributed by atoms with van der Waals surface area (Å²) in [6.45, 7) is 5.69. The van der Waals surface area contributed by atoms with Gasteiger partial charge in [0.25, 0.3) is 0 Å². The van der Waals surface area contributed by atoms with E-state index in [1.807, 2.05) is 0 Å². The first-order chi connectivity index (χ1) is 11.0. The van der Waals surface area contributed by atoms with Gasteiger partial charge in [0.15, 0.2) is 0 Å². The number of nitrogens with one attached hydrogen (secondary N) is 3. The number of carboxylic acid groups (broad SMARTS) is 1. The molecule has 0 aliphatic rings. The summed E-state index contributed by atoms with van der Waals surface area (Å²) in [6.07, 6.45) is 0.530. The molecule has 0 aromatic heterocycles. The molecule has 10 nitrogen and oxygen atoms in total. The van der Waals surface area contributed by atoms with E-state index < -0.39 is 44.2 Å². The predicted molar refractivity (Wildman–Crippen MR) is 83.5 cm³/mol. The van der Waals surface area contributed by atoms with E-state index in [9.17, 15) is 28.9 Å². The Balaban J connectivity index is 0. The second-order valence-corrected chi connectivity index (χ2v) is 6.81. The Bertz CT molecular complexity index is 506. The molecule has 25 heavy (non-hydrogen) atoms. The van der Waals surface area contributed by atoms with E-state index in [2.05, 4.69) is 15.7 Å². The Hall–Kier alpha value is 0.156. The van der Waals surface area contributed by atoms with Gasteiger partial charge in [0, 0.05) is 0 Å². The number of carbonyl (C=O) groups is 3. The van der Waals surface area contributed by atoms with Crippen molar-refractivity contribution < 1.29 is 84.9 Å². The molecule has 0 bridgehead atoms. The molecule has 4 atom stereocenters. The number of hydrogen-bond donors (Lipinski definition) is 4. The minimum atomic E-state index is -4.16. The van der Waals surface area contributed by atoms with Gasteiger partial charge in [-0.1, -0.05) is 20.3 Å². The fourth-order valence-corrected chi connectivity index (χ4v) is 2.90. The normalized spacial score (nSPS) is 16.5. The first kappa shape index (κ1) is 27.4. The molecule has 0 aliphatic carbocycles. The smallest absolute Gasteiger partial charge is 0.548 e. The molecule has 140 valence electrons. The van der Waals surface area contributed by atoms with Crippen LogP contribution >= 0.6 is 7.75 Å². The summed E-state index contributed by atoms with van der Waals surface area (Å²) in [4.78, 5) is 43.9. The zero-order chi connectivity index (χ0) is 18.9. The summed E-state index contributed by atoms with van der Waals surface area (Å²) in [7, 11) is -4.16. The summed E-state index contributed by atoms with van der Waals surface area (Å²) in [5.74, 6) is -3.16. The average molecular weight is 405 g/mol. The van der Waals surface area contributed by atoms with Crippen LogP contribution in [0.25, 0.3) is 0 Å². The first-order valence-electron chi connectivity index (χ1n) is 7.57. The Labute approximate surface area is 189 Å². The van der Waals surface area contributed by atoms with E-state index in [-0.39, 0.29) is 63.9 Å². The van der Waals surface area contributed by atoms with Crippen LogP contribution in [-0.4, -0.2) is 47.9 Å². The van der Waals surface area contributed by atoms with Gasteiger partial charge in [0.05, 0.1) is 25.2 Å². The third-order valence-corrected chi connectivity index (χ3v) is 4.47. The van der Waals surface area contributed by atoms with E-state index in [1.54, 1.807) is 13.8 Å². The fourth-order valence-electron chi connectivity index (χ4n) is 1.75. The number of carboxylic acids is 1. The van der Waals surface area contributed by atoms with Crippen LogP contribution in [0, 0.1) is 5.92 Å². The molecular weight excluding hydrogens is 380 g/mol. The monoisotopic (exact) mass is 405 g/mol. The van der Waals surface area contributed by atoms with Crippen molar-refractivity contribution in [2.45, 2.75) is 46.2 Å². The standard InChI is InChI=1S/C13H26N3O7P.K/c1-5-8(3)11(16-24(21,22)23-6-2)13(20)15-9(4)12(19)14-7-10(17)18;/h8-9,11H,5-7H2,1-4H3,(H,14,19)(H,15,20)(H,17,18)(H2,16,21,22);/q;+1/p-1/t8-,9-,11-;/m0./s1. The maximum atomic E-state index is 12.3. The number of carbonyl (C=O) groups excluding carboxylic acids is 3. The third-order valence-electron chi connectivity index (χ3n) is 3.26. The zero-order valence-electron chi connectivity index (χ0n) is 15.2. The van der Waals surface area contributed by atoms with Gasteiger partial charge >= 0.3 is 59.1 Å². The molecule has 2 amide bonds. The summed E-state index contributed by atoms with van der Waals surface area (Å²) < 4.78 is 16.5. The van der Waals surface area contributed by atoms with Crippen molar-refractivity contribution in [3.05, 3.63) is 0 Å². The molecule has 0 heterocycles. The molecule has 0 saturated heterocycles. The van der Waals surface area contributed by atoms with Gasteiger partial charge in [-0.05, 0) is 19.8 Å². The fraction of sp³-hybridized carbons (Fsp3) is 0.769. The third kappa shape index (κ3) is 11.5. The van der Waals surface area contributed by atoms with Gasteiger partial charge in [-0.25, -0.2) is 9.65 Å². The van der Waals surface area contributed by atoms with Crippen LogP contribution < -0.4 is 72.2 Å². The van der Waals surface area contributed by atoms with Crippen LogP contribution in [0.1, 0.15) is 34.1 Å². The molecule has 0 aromatic rings. The van der Waals surface area contributed by atoms with Crippen molar-refractivity contribution in [2.24, 2.45) is 5.92 Å². The van der Waals surface area contributed by atoms with E-state index in [1.165, 1.54) is 13.8 Å². The summed E-state index contributed by atoms with van der Waals surface area (Å²) in [5.41, 5.74) is 0. The van der Waals surface area contributed by atoms with Crippen molar-refractivity contribution in [3.63, 3.8) is 0 Å². The SMILES string of the molecule is CCOP(=O)(O)N[C@H](C(=O)N[C@@H](C)C(=O)NCC(=O)[O-])[C@@H](C)CC.[K+]. The van der Waals surface area contributed by atoms with Crippen LogP contribution in [0.15, 0.2) is 0 Å². The Morgan fingerprint density at radius 2 is 1.76 bits per heavy atom. The molecule has 0 rings (SSSR count). The minimum absolute atomic E-state index is 0. The summed E-state index contributed by atoms with van der Waals surface area (Å²) in [6, 6.07) is -2.09. The number of hydrogen-bond acceptors (Lipinski definition) is 6. The molecule has 0 aromatic carbocycles. The maximum absolute atomic E-state index is 12.3. The van der Waals surface area contributed by atoms with Crippen molar-refractivity contribution in [1.82, 2.24) is 15.7 Å². The molecule has 12 heteroatoms. The van der Waals surface area contributed by atoms with Crippen LogP contribution in [0.4, 0.5) is 0 Å². The van der Waals surface area contributed by atoms with E-state index in [0.717, 1.165) is 0 Å². The molecule has 0 spiro atoms. The molecule has 0 fully saturated rings. The molecule has 1 unspecified atom stereocenters. The van der Waals surface area contributed by atoms with Crippen molar-refractivity contribution in [3.8, 4) is 0 Å². The number of rotatable bonds is 11. The molecular formula is C13H25KN3O7P. The van der Waals surface area contributed by atoms with Gasteiger partial charge in [-0.15, -0.1) is 0 Å². The molecule has 0 saturated carbocycles. The summed E-state index contributed by atoms with van der Waals surface area (Å²) >= 11 is 0. The maximum Gasteiger partial charge on any atom is 1.00 e. The van der Waals surface area contributed by atoms with Crippen molar-refractivity contribution in [1.29, 1.82) is 0 Å². The van der Waals surface area contributed by atoms with Gasteiger partial charge in [-0.3, -0.25) is 14.1 Å². The van der Waals surface area contributed by atoms with Crippen LogP contribution in [0.2, 0.25) is 0 Å². The second kappa shape index (κ2) is 13.3. The molecule has 0 radical (unpaired) electrons. The van der Waals surface area contributed by atoms with Gasteiger partial charge in [0.2, 0.25) is 11.8 Å². The zero-order valence-corrected chi connectivity index (χ0v) is 19.2. The molecule has 4 N–H and O–H groups in total. The van der Waals surface area contributed by atoms with Gasteiger partial charge in [0.1, 0.15) is 6.04 Å². The van der Waals surface area contributed by atoms with Gasteiger partial charge < -0.3 is 25.4 Å². The van der Waals surface area contributed by atoms with Crippen molar-refractivity contribution >= 4 is 25.5 Å². The quantitative estimate of drug-likeness (QED) is 0.198. The Morgan fingerprint density at radius 1 is 1.20 bits per heavy atom. The largest absolute Gasteiger partial charge is 1.00 e. The number of amides is 2.